The second-order valence-electron chi connectivity index (χ2n) is 6.84. The van der Waals surface area contributed by atoms with E-state index in [9.17, 15) is 14.0 Å². The topological polar surface area (TPSA) is 66.8 Å². The summed E-state index contributed by atoms with van der Waals surface area (Å²) < 4.78 is 20.2. The predicted octanol–water partition coefficient (Wildman–Crippen LogP) is 2.16. The monoisotopic (exact) mass is 406 g/mol. The quantitative estimate of drug-likeness (QED) is 0.846. The standard InChI is InChI=1S/C19H20ClFN4O3/c1-12-14-10-25(13-2-3-16(21)15(20)8-13)22-17(14)9-18(26)24(12)11-19(27)23-4-6-28-7-5-23/h2-3,8-9,22H,4-7,10-11H2,1H3. The van der Waals surface area contributed by atoms with Crippen molar-refractivity contribution >= 4 is 28.9 Å². The Bertz CT molecular complexity index is 988. The molecule has 1 aromatic heterocycles. The smallest absolute Gasteiger partial charge is 0.253 e. The van der Waals surface area contributed by atoms with Crippen molar-refractivity contribution in [1.29, 1.82) is 0 Å². The zero-order valence-corrected chi connectivity index (χ0v) is 16.1. The molecule has 0 atom stereocenters. The van der Waals surface area contributed by atoms with Crippen LogP contribution in [0.2, 0.25) is 5.02 Å². The number of hydrogen-bond acceptors (Lipinski definition) is 5. The van der Waals surface area contributed by atoms with Gasteiger partial charge in [-0.15, -0.1) is 0 Å². The van der Waals surface area contributed by atoms with E-state index in [-0.39, 0.29) is 23.0 Å². The third-order valence-corrected chi connectivity index (χ3v) is 5.43. The molecule has 4 rings (SSSR count). The van der Waals surface area contributed by atoms with Crippen LogP contribution in [0.25, 0.3) is 0 Å². The largest absolute Gasteiger partial charge is 0.378 e. The minimum Gasteiger partial charge on any atom is -0.378 e. The zero-order chi connectivity index (χ0) is 19.8. The summed E-state index contributed by atoms with van der Waals surface area (Å²) in [6.07, 6.45) is 0. The van der Waals surface area contributed by atoms with Gasteiger partial charge in [0.1, 0.15) is 12.4 Å². The molecule has 7 nitrogen and oxygen atoms in total. The molecule has 1 aromatic carbocycles. The number of nitrogens with zero attached hydrogens (tertiary/aromatic N) is 3. The summed E-state index contributed by atoms with van der Waals surface area (Å²) in [4.78, 5) is 26.9. The number of anilines is 2. The minimum absolute atomic E-state index is 0.000320. The van der Waals surface area contributed by atoms with Crippen molar-refractivity contribution in [1.82, 2.24) is 9.47 Å². The molecule has 2 aromatic rings. The van der Waals surface area contributed by atoms with Gasteiger partial charge in [0.2, 0.25) is 5.91 Å². The van der Waals surface area contributed by atoms with E-state index < -0.39 is 5.82 Å². The van der Waals surface area contributed by atoms with Crippen LogP contribution in [0.15, 0.2) is 29.1 Å². The zero-order valence-electron chi connectivity index (χ0n) is 15.4. The van der Waals surface area contributed by atoms with Crippen molar-refractivity contribution in [2.75, 3.05) is 36.7 Å². The van der Waals surface area contributed by atoms with Crippen LogP contribution in [0, 0.1) is 12.7 Å². The van der Waals surface area contributed by atoms with Crippen molar-refractivity contribution in [3.8, 4) is 0 Å². The number of amides is 1. The van der Waals surface area contributed by atoms with Gasteiger partial charge < -0.3 is 14.2 Å². The number of halogens is 2. The molecule has 9 heteroatoms. The maximum absolute atomic E-state index is 13.4. The summed E-state index contributed by atoms with van der Waals surface area (Å²) >= 11 is 5.88. The molecule has 28 heavy (non-hydrogen) atoms. The van der Waals surface area contributed by atoms with Gasteiger partial charge in [-0.1, -0.05) is 11.6 Å². The maximum atomic E-state index is 13.4. The molecule has 1 N–H and O–H groups in total. The summed E-state index contributed by atoms with van der Waals surface area (Å²) in [5.74, 6) is -0.582. The first-order valence-corrected chi connectivity index (χ1v) is 9.40. The number of rotatable bonds is 3. The van der Waals surface area contributed by atoms with Crippen LogP contribution in [0.3, 0.4) is 0 Å². The van der Waals surface area contributed by atoms with E-state index in [2.05, 4.69) is 5.43 Å². The van der Waals surface area contributed by atoms with Crippen molar-refractivity contribution in [2.45, 2.75) is 20.0 Å². The molecule has 0 bridgehead atoms. The van der Waals surface area contributed by atoms with Gasteiger partial charge in [-0.3, -0.25) is 20.0 Å². The highest BCUT2D eigenvalue weighted by Gasteiger charge is 2.25. The lowest BCUT2D eigenvalue weighted by molar-refractivity contribution is -0.136. The molecule has 0 unspecified atom stereocenters. The number of fused-ring (bicyclic) bond motifs is 1. The Morgan fingerprint density at radius 1 is 1.29 bits per heavy atom. The Hall–Kier alpha value is -2.58. The van der Waals surface area contributed by atoms with E-state index in [1.807, 2.05) is 6.92 Å². The van der Waals surface area contributed by atoms with E-state index in [4.69, 9.17) is 16.3 Å². The molecular weight excluding hydrogens is 387 g/mol. The fraction of sp³-hybridized carbons (Fsp3) is 0.368. The molecule has 148 valence electrons. The van der Waals surface area contributed by atoms with E-state index in [0.717, 1.165) is 11.3 Å². The van der Waals surface area contributed by atoms with Crippen LogP contribution in [-0.4, -0.2) is 41.7 Å². The molecule has 1 saturated heterocycles. The highest BCUT2D eigenvalue weighted by atomic mass is 35.5. The Kier molecular flexibility index (Phi) is 4.99. The second-order valence-corrected chi connectivity index (χ2v) is 7.24. The Labute approximate surface area is 166 Å². The van der Waals surface area contributed by atoms with Crippen molar-refractivity contribution < 1.29 is 13.9 Å². The van der Waals surface area contributed by atoms with Gasteiger partial charge in [0.25, 0.3) is 5.56 Å². The van der Waals surface area contributed by atoms with E-state index >= 15 is 0 Å². The molecule has 1 fully saturated rings. The number of ether oxygens (including phenoxy) is 1. The van der Waals surface area contributed by atoms with Crippen molar-refractivity contribution in [3.05, 3.63) is 56.7 Å². The molecule has 1 amide bonds. The van der Waals surface area contributed by atoms with Crippen LogP contribution >= 0.6 is 11.6 Å². The number of nitrogens with one attached hydrogen (secondary N) is 1. The number of hydrogen-bond donors (Lipinski definition) is 1. The summed E-state index contributed by atoms with van der Waals surface area (Å²) in [7, 11) is 0. The van der Waals surface area contributed by atoms with Crippen LogP contribution in [0.4, 0.5) is 15.8 Å². The van der Waals surface area contributed by atoms with E-state index in [1.165, 1.54) is 22.8 Å². The van der Waals surface area contributed by atoms with Crippen LogP contribution in [-0.2, 0) is 22.6 Å². The number of morpholine rings is 1. The number of carbonyl (C=O) groups is 1. The van der Waals surface area contributed by atoms with Gasteiger partial charge in [-0.25, -0.2) is 4.39 Å². The highest BCUT2D eigenvalue weighted by Crippen LogP contribution is 2.32. The molecular formula is C19H20ClFN4O3. The molecule has 2 aliphatic rings. The molecule has 2 aliphatic heterocycles. The summed E-state index contributed by atoms with van der Waals surface area (Å²) in [5, 5.41) is 1.82. The average molecular weight is 407 g/mol. The van der Waals surface area contributed by atoms with Gasteiger partial charge in [0.15, 0.2) is 0 Å². The van der Waals surface area contributed by atoms with Crippen molar-refractivity contribution in [3.63, 3.8) is 0 Å². The Morgan fingerprint density at radius 2 is 2.04 bits per heavy atom. The Morgan fingerprint density at radius 3 is 2.75 bits per heavy atom. The van der Waals surface area contributed by atoms with Gasteiger partial charge in [-0.05, 0) is 25.1 Å². The number of benzene rings is 1. The lowest BCUT2D eigenvalue weighted by Gasteiger charge is -2.27. The van der Waals surface area contributed by atoms with E-state index in [0.29, 0.717) is 44.2 Å². The third-order valence-electron chi connectivity index (χ3n) is 5.14. The molecule has 0 saturated carbocycles. The number of carbonyl (C=O) groups excluding carboxylic acids is 1. The van der Waals surface area contributed by atoms with Crippen molar-refractivity contribution in [2.24, 2.45) is 0 Å². The fourth-order valence-electron chi connectivity index (χ4n) is 3.51. The molecule has 0 radical (unpaired) electrons. The van der Waals surface area contributed by atoms with Crippen LogP contribution in [0.5, 0.6) is 0 Å². The Balaban J connectivity index is 1.58. The number of hydrazine groups is 1. The normalized spacial score (nSPS) is 16.1. The van der Waals surface area contributed by atoms with Gasteiger partial charge in [-0.2, -0.15) is 0 Å². The van der Waals surface area contributed by atoms with E-state index in [1.54, 1.807) is 16.0 Å². The van der Waals surface area contributed by atoms with Crippen LogP contribution in [0.1, 0.15) is 11.3 Å². The minimum atomic E-state index is -0.486. The van der Waals surface area contributed by atoms with Crippen LogP contribution < -0.4 is 16.0 Å². The molecule has 3 heterocycles. The fourth-order valence-corrected chi connectivity index (χ4v) is 3.68. The number of aromatic nitrogens is 1. The summed E-state index contributed by atoms with van der Waals surface area (Å²) in [5.41, 5.74) is 5.91. The first kappa shape index (κ1) is 18.8. The predicted molar refractivity (Wildman–Crippen MR) is 104 cm³/mol. The highest BCUT2D eigenvalue weighted by molar-refractivity contribution is 6.31. The summed E-state index contributed by atoms with van der Waals surface area (Å²) in [6.45, 7) is 4.41. The maximum Gasteiger partial charge on any atom is 0.253 e. The van der Waals surface area contributed by atoms with Gasteiger partial charge in [0, 0.05) is 30.4 Å². The summed E-state index contributed by atoms with van der Waals surface area (Å²) in [6, 6.07) is 5.93. The SMILES string of the molecule is Cc1c2c(cc(=O)n1CC(=O)N1CCOCC1)NN(c1ccc(F)c(Cl)c1)C2. The number of pyridine rings is 1. The average Bonchev–Trinajstić information content (AvgIpc) is 3.12. The first-order chi connectivity index (χ1) is 13.4. The lowest BCUT2D eigenvalue weighted by atomic mass is 10.1. The molecule has 0 spiro atoms. The second kappa shape index (κ2) is 7.44. The third kappa shape index (κ3) is 3.45. The first-order valence-electron chi connectivity index (χ1n) is 9.02. The van der Waals surface area contributed by atoms with Gasteiger partial charge >= 0.3 is 0 Å². The van der Waals surface area contributed by atoms with Gasteiger partial charge in [0.05, 0.1) is 36.2 Å². The lowest BCUT2D eigenvalue weighted by Crippen LogP contribution is -2.43. The molecule has 0 aliphatic carbocycles.